The van der Waals surface area contributed by atoms with Crippen molar-refractivity contribution in [3.05, 3.63) is 11.9 Å². The van der Waals surface area contributed by atoms with Crippen LogP contribution in [0, 0.1) is 0 Å². The summed E-state index contributed by atoms with van der Waals surface area (Å²) in [5, 5.41) is 12.6. The molecular weight excluding hydrogens is 310 g/mol. The van der Waals surface area contributed by atoms with Gasteiger partial charge in [-0.25, -0.2) is 9.97 Å². The van der Waals surface area contributed by atoms with Crippen LogP contribution in [0.3, 0.4) is 0 Å². The average molecular weight is 328 g/mol. The Morgan fingerprint density at radius 3 is 2.65 bits per heavy atom. The number of nitrogens with zero attached hydrogens (tertiary/aromatic N) is 4. The summed E-state index contributed by atoms with van der Waals surface area (Å²) in [7, 11) is 0. The molecule has 108 valence electrons. The van der Waals surface area contributed by atoms with Crippen LogP contribution in [0.4, 0.5) is 5.82 Å². The molecular formula is C12H17N5S3. The predicted molar refractivity (Wildman–Crippen MR) is 86.0 cm³/mol. The van der Waals surface area contributed by atoms with Gasteiger partial charge < -0.3 is 5.32 Å². The minimum atomic E-state index is 0.854. The summed E-state index contributed by atoms with van der Waals surface area (Å²) in [6, 6.07) is 0. The summed E-state index contributed by atoms with van der Waals surface area (Å²) in [6.45, 7) is 5.08. The molecule has 0 fully saturated rings. The molecule has 0 aromatic carbocycles. The molecule has 0 aliphatic carbocycles. The van der Waals surface area contributed by atoms with Gasteiger partial charge in [-0.05, 0) is 31.4 Å². The summed E-state index contributed by atoms with van der Waals surface area (Å²) in [4.78, 5) is 8.75. The largest absolute Gasteiger partial charge is 0.370 e. The molecule has 2 aromatic rings. The van der Waals surface area contributed by atoms with E-state index >= 15 is 0 Å². The summed E-state index contributed by atoms with van der Waals surface area (Å²) >= 11 is 4.78. The fourth-order valence-electron chi connectivity index (χ4n) is 1.68. The smallest absolute Gasteiger partial charge is 0.181 e. The second kappa shape index (κ2) is 7.80. The zero-order valence-corrected chi connectivity index (χ0v) is 14.2. The van der Waals surface area contributed by atoms with E-state index in [0.29, 0.717) is 0 Å². The molecule has 0 atom stereocenters. The molecule has 2 heterocycles. The van der Waals surface area contributed by atoms with Crippen LogP contribution in [0.25, 0.3) is 0 Å². The van der Waals surface area contributed by atoms with E-state index in [1.807, 2.05) is 6.26 Å². The maximum atomic E-state index is 4.41. The third-order valence-corrected chi connectivity index (χ3v) is 5.49. The predicted octanol–water partition coefficient (Wildman–Crippen LogP) is 3.59. The van der Waals surface area contributed by atoms with E-state index in [0.717, 1.165) is 38.9 Å². The van der Waals surface area contributed by atoms with E-state index in [9.17, 15) is 0 Å². The Morgan fingerprint density at radius 2 is 2.00 bits per heavy atom. The molecule has 1 N–H and O–H groups in total. The molecule has 0 amide bonds. The Hall–Kier alpha value is -0.860. The van der Waals surface area contributed by atoms with Gasteiger partial charge in [-0.2, -0.15) is 0 Å². The van der Waals surface area contributed by atoms with Crippen molar-refractivity contribution >= 4 is 40.7 Å². The lowest BCUT2D eigenvalue weighted by atomic mass is 10.2. The van der Waals surface area contributed by atoms with E-state index in [4.69, 9.17) is 0 Å². The molecule has 5 nitrogen and oxygen atoms in total. The second-order valence-corrected chi connectivity index (χ2v) is 7.19. The topological polar surface area (TPSA) is 63.6 Å². The highest BCUT2D eigenvalue weighted by molar-refractivity contribution is 8.03. The van der Waals surface area contributed by atoms with Crippen molar-refractivity contribution < 1.29 is 0 Å². The van der Waals surface area contributed by atoms with E-state index in [2.05, 4.69) is 39.3 Å². The van der Waals surface area contributed by atoms with Gasteiger partial charge in [0.25, 0.3) is 0 Å². The number of hydrogen-bond acceptors (Lipinski definition) is 8. The first-order chi connectivity index (χ1) is 9.78. The third kappa shape index (κ3) is 3.83. The van der Waals surface area contributed by atoms with Crippen LogP contribution >= 0.6 is 34.9 Å². The highest BCUT2D eigenvalue weighted by Gasteiger charge is 2.14. The molecule has 2 rings (SSSR count). The standard InChI is InChI=1S/C12H17N5S3/c1-4-6-8-9(13-5-2)14-7-15-10(8)19-12-17-16-11(18-3)20-12/h7H,4-6H2,1-3H3,(H,13,14,15). The number of anilines is 1. The molecule has 0 bridgehead atoms. The lowest BCUT2D eigenvalue weighted by Crippen LogP contribution is -2.05. The third-order valence-electron chi connectivity index (χ3n) is 2.50. The average Bonchev–Trinajstić information content (AvgIpc) is 2.90. The van der Waals surface area contributed by atoms with Crippen LogP contribution in [0.5, 0.6) is 0 Å². The molecule has 8 heteroatoms. The lowest BCUT2D eigenvalue weighted by Gasteiger charge is -2.11. The van der Waals surface area contributed by atoms with Crippen LogP contribution < -0.4 is 5.32 Å². The van der Waals surface area contributed by atoms with E-state index in [-0.39, 0.29) is 0 Å². The van der Waals surface area contributed by atoms with Gasteiger partial charge in [0.2, 0.25) is 0 Å². The highest BCUT2D eigenvalue weighted by Crippen LogP contribution is 2.35. The van der Waals surface area contributed by atoms with E-state index in [1.165, 1.54) is 5.56 Å². The molecule has 0 radical (unpaired) electrons. The minimum absolute atomic E-state index is 0.854. The summed E-state index contributed by atoms with van der Waals surface area (Å²) in [5.41, 5.74) is 1.17. The first-order valence-electron chi connectivity index (χ1n) is 6.41. The Kier molecular flexibility index (Phi) is 6.06. The molecule has 0 aliphatic heterocycles. The Bertz CT molecular complexity index is 558. The van der Waals surface area contributed by atoms with Gasteiger partial charge in [0.05, 0.1) is 0 Å². The van der Waals surface area contributed by atoms with E-state index in [1.54, 1.807) is 41.2 Å². The van der Waals surface area contributed by atoms with Crippen LogP contribution in [-0.2, 0) is 6.42 Å². The van der Waals surface area contributed by atoms with Crippen LogP contribution in [0.15, 0.2) is 20.0 Å². The zero-order valence-electron chi connectivity index (χ0n) is 11.7. The highest BCUT2D eigenvalue weighted by atomic mass is 32.2. The van der Waals surface area contributed by atoms with Crippen molar-refractivity contribution in [1.29, 1.82) is 0 Å². The van der Waals surface area contributed by atoms with Gasteiger partial charge in [-0.1, -0.05) is 36.4 Å². The van der Waals surface area contributed by atoms with Gasteiger partial charge in [0.15, 0.2) is 8.68 Å². The number of aromatic nitrogens is 4. The van der Waals surface area contributed by atoms with Crippen molar-refractivity contribution in [1.82, 2.24) is 20.2 Å². The Labute approximate surface area is 131 Å². The molecule has 0 unspecified atom stereocenters. The Balaban J connectivity index is 2.27. The van der Waals surface area contributed by atoms with Gasteiger partial charge >= 0.3 is 0 Å². The second-order valence-electron chi connectivity index (χ2n) is 3.93. The molecule has 0 aliphatic rings. The van der Waals surface area contributed by atoms with Crippen molar-refractivity contribution in [2.24, 2.45) is 0 Å². The number of rotatable bonds is 7. The maximum absolute atomic E-state index is 4.41. The van der Waals surface area contributed by atoms with Crippen LogP contribution in [0.2, 0.25) is 0 Å². The quantitative estimate of drug-likeness (QED) is 0.616. The lowest BCUT2D eigenvalue weighted by molar-refractivity contribution is 0.854. The van der Waals surface area contributed by atoms with Crippen LogP contribution in [0.1, 0.15) is 25.8 Å². The van der Waals surface area contributed by atoms with Gasteiger partial charge in [-0.3, -0.25) is 0 Å². The summed E-state index contributed by atoms with van der Waals surface area (Å²) in [5.74, 6) is 0.932. The van der Waals surface area contributed by atoms with E-state index < -0.39 is 0 Å². The molecule has 0 spiro atoms. The van der Waals surface area contributed by atoms with Gasteiger partial charge in [-0.15, -0.1) is 10.2 Å². The SMILES string of the molecule is CCCc1c(NCC)ncnc1Sc1nnc(SC)s1. The van der Waals surface area contributed by atoms with Crippen molar-refractivity contribution in [3.8, 4) is 0 Å². The minimum Gasteiger partial charge on any atom is -0.370 e. The Morgan fingerprint density at radius 1 is 1.20 bits per heavy atom. The molecule has 0 saturated heterocycles. The van der Waals surface area contributed by atoms with Gasteiger partial charge in [0, 0.05) is 12.1 Å². The summed E-state index contributed by atoms with van der Waals surface area (Å²) in [6.07, 6.45) is 5.63. The van der Waals surface area contributed by atoms with Crippen molar-refractivity contribution in [2.75, 3.05) is 18.1 Å². The van der Waals surface area contributed by atoms with Crippen molar-refractivity contribution in [3.63, 3.8) is 0 Å². The first-order valence-corrected chi connectivity index (χ1v) is 9.27. The molecule has 2 aromatic heterocycles. The first kappa shape index (κ1) is 15.5. The molecule has 0 saturated carbocycles. The zero-order chi connectivity index (χ0) is 14.4. The maximum Gasteiger partial charge on any atom is 0.181 e. The van der Waals surface area contributed by atoms with Crippen LogP contribution in [-0.4, -0.2) is 33.0 Å². The molecule has 20 heavy (non-hydrogen) atoms. The fraction of sp³-hybridized carbons (Fsp3) is 0.500. The normalized spacial score (nSPS) is 10.8. The number of thioether (sulfide) groups is 1. The van der Waals surface area contributed by atoms with Gasteiger partial charge in [0.1, 0.15) is 17.2 Å². The monoisotopic (exact) mass is 327 g/mol. The van der Waals surface area contributed by atoms with Crippen molar-refractivity contribution in [2.45, 2.75) is 40.4 Å². The fourth-order valence-corrected chi connectivity index (χ4v) is 4.16. The number of nitrogens with one attached hydrogen (secondary N) is 1. The summed E-state index contributed by atoms with van der Waals surface area (Å²) < 4.78 is 1.90. The number of hydrogen-bond donors (Lipinski definition) is 1.